The van der Waals surface area contributed by atoms with Crippen LogP contribution in [-0.4, -0.2) is 41.8 Å². The van der Waals surface area contributed by atoms with Crippen molar-refractivity contribution in [2.24, 2.45) is 0 Å². The van der Waals surface area contributed by atoms with Gasteiger partial charge in [0, 0.05) is 24.4 Å². The minimum absolute atomic E-state index is 0.0960. The summed E-state index contributed by atoms with van der Waals surface area (Å²) in [5.74, 6) is 0.820. The molecule has 0 bridgehead atoms. The molecule has 0 spiro atoms. The van der Waals surface area contributed by atoms with E-state index in [1.165, 1.54) is 0 Å². The Labute approximate surface area is 175 Å². The average molecular weight is 431 g/mol. The topological polar surface area (TPSA) is 84.9 Å². The summed E-state index contributed by atoms with van der Waals surface area (Å²) in [7, 11) is 0. The Hall–Kier alpha value is -2.78. The summed E-state index contributed by atoms with van der Waals surface area (Å²) in [5, 5.41) is 4.40. The third kappa shape index (κ3) is 4.63. The second-order valence-corrected chi connectivity index (χ2v) is 8.40. The number of benzene rings is 1. The third-order valence-corrected chi connectivity index (χ3v) is 6.25. The maximum absolute atomic E-state index is 12.6. The summed E-state index contributed by atoms with van der Waals surface area (Å²) < 4.78 is 10.6. The van der Waals surface area contributed by atoms with Crippen LogP contribution < -0.4 is 14.8 Å². The van der Waals surface area contributed by atoms with Crippen LogP contribution in [0.3, 0.4) is 0 Å². The lowest BCUT2D eigenvalue weighted by molar-refractivity contribution is -0.124. The average Bonchev–Trinajstić information content (AvgIpc) is 3.44. The molecule has 150 valence electrons. The number of fused-ring (bicyclic) bond motifs is 1. The molecule has 29 heavy (non-hydrogen) atoms. The van der Waals surface area contributed by atoms with Crippen molar-refractivity contribution in [1.29, 1.82) is 0 Å². The molecule has 3 amide bonds. The molecule has 0 atom stereocenters. The first kappa shape index (κ1) is 19.5. The van der Waals surface area contributed by atoms with E-state index in [-0.39, 0.29) is 36.9 Å². The van der Waals surface area contributed by atoms with Gasteiger partial charge in [-0.2, -0.15) is 0 Å². The molecule has 0 aliphatic carbocycles. The van der Waals surface area contributed by atoms with Gasteiger partial charge in [0.15, 0.2) is 11.5 Å². The number of rotatable bonds is 7. The fourth-order valence-corrected chi connectivity index (χ4v) is 4.51. The number of hydrogen-bond acceptors (Lipinski definition) is 7. The molecule has 2 aliphatic rings. The Kier molecular flexibility index (Phi) is 5.86. The number of thioether (sulfide) groups is 1. The molecule has 1 aromatic carbocycles. The summed E-state index contributed by atoms with van der Waals surface area (Å²) >= 11 is 2.51. The largest absolute Gasteiger partial charge is 0.454 e. The summed E-state index contributed by atoms with van der Waals surface area (Å²) in [6.45, 7) is 0.556. The van der Waals surface area contributed by atoms with Crippen LogP contribution >= 0.6 is 23.1 Å². The summed E-state index contributed by atoms with van der Waals surface area (Å²) in [5.41, 5.74) is 0.752. The predicted octanol–water partition coefficient (Wildman–Crippen LogP) is 3.26. The summed E-state index contributed by atoms with van der Waals surface area (Å²) in [6, 6.07) is 9.28. The van der Waals surface area contributed by atoms with Crippen molar-refractivity contribution in [1.82, 2.24) is 10.2 Å². The van der Waals surface area contributed by atoms with Crippen molar-refractivity contribution in [3.05, 3.63) is 51.1 Å². The van der Waals surface area contributed by atoms with Gasteiger partial charge in [-0.15, -0.1) is 11.3 Å². The van der Waals surface area contributed by atoms with Crippen LogP contribution in [-0.2, 0) is 16.0 Å². The standard InChI is InChI=1S/C20H18N2O5S2/c23-18(6-4-14-2-1-9-28-14)21-7-8-22-19(24)17(29-20(22)25)11-13-3-5-15-16(10-13)27-12-26-15/h1-3,5,9-11H,4,6-8,12H2,(H,21,23)/b17-11-. The van der Waals surface area contributed by atoms with Crippen molar-refractivity contribution >= 4 is 46.2 Å². The predicted molar refractivity (Wildman–Crippen MR) is 111 cm³/mol. The molecule has 0 radical (unpaired) electrons. The zero-order valence-corrected chi connectivity index (χ0v) is 17.0. The zero-order valence-electron chi connectivity index (χ0n) is 15.4. The molecule has 3 heterocycles. The van der Waals surface area contributed by atoms with E-state index in [2.05, 4.69) is 5.32 Å². The zero-order chi connectivity index (χ0) is 20.2. The number of ether oxygens (including phenoxy) is 2. The number of nitrogens with one attached hydrogen (secondary N) is 1. The molecule has 1 aromatic heterocycles. The van der Waals surface area contributed by atoms with E-state index in [1.807, 2.05) is 17.5 Å². The van der Waals surface area contributed by atoms with E-state index >= 15 is 0 Å². The monoisotopic (exact) mass is 430 g/mol. The Morgan fingerprint density at radius 3 is 2.90 bits per heavy atom. The van der Waals surface area contributed by atoms with Crippen LogP contribution in [0.15, 0.2) is 40.6 Å². The van der Waals surface area contributed by atoms with Gasteiger partial charge in [0.1, 0.15) is 0 Å². The number of amides is 3. The number of thiophene rings is 1. The molecule has 1 N–H and O–H groups in total. The van der Waals surface area contributed by atoms with Crippen LogP contribution in [0.25, 0.3) is 6.08 Å². The van der Waals surface area contributed by atoms with Crippen LogP contribution in [0, 0.1) is 0 Å². The van der Waals surface area contributed by atoms with Crippen LogP contribution in [0.4, 0.5) is 4.79 Å². The van der Waals surface area contributed by atoms with E-state index in [0.717, 1.165) is 27.1 Å². The molecule has 4 rings (SSSR count). The van der Waals surface area contributed by atoms with E-state index < -0.39 is 0 Å². The highest BCUT2D eigenvalue weighted by molar-refractivity contribution is 8.18. The first-order chi connectivity index (χ1) is 14.1. The molecular formula is C20H18N2O5S2. The number of nitrogens with zero attached hydrogens (tertiary/aromatic N) is 1. The van der Waals surface area contributed by atoms with Gasteiger partial charge >= 0.3 is 0 Å². The second-order valence-electron chi connectivity index (χ2n) is 6.38. The maximum atomic E-state index is 12.6. The van der Waals surface area contributed by atoms with E-state index in [9.17, 15) is 14.4 Å². The molecule has 0 saturated carbocycles. The smallest absolute Gasteiger partial charge is 0.293 e. The van der Waals surface area contributed by atoms with Crippen LogP contribution in [0.5, 0.6) is 11.5 Å². The van der Waals surface area contributed by atoms with Crippen molar-refractivity contribution in [2.45, 2.75) is 12.8 Å². The van der Waals surface area contributed by atoms with Crippen molar-refractivity contribution in [3.63, 3.8) is 0 Å². The van der Waals surface area contributed by atoms with E-state index in [1.54, 1.807) is 35.6 Å². The molecule has 7 nitrogen and oxygen atoms in total. The number of aryl methyl sites for hydroxylation is 1. The van der Waals surface area contributed by atoms with Gasteiger partial charge in [-0.25, -0.2) is 0 Å². The Balaban J connectivity index is 1.29. The lowest BCUT2D eigenvalue weighted by Gasteiger charge is -2.12. The van der Waals surface area contributed by atoms with Gasteiger partial charge in [-0.05, 0) is 53.4 Å². The first-order valence-corrected chi connectivity index (χ1v) is 10.7. The minimum Gasteiger partial charge on any atom is -0.454 e. The highest BCUT2D eigenvalue weighted by Gasteiger charge is 2.34. The molecule has 1 fully saturated rings. The molecule has 1 saturated heterocycles. The highest BCUT2D eigenvalue weighted by atomic mass is 32.2. The summed E-state index contributed by atoms with van der Waals surface area (Å²) in [4.78, 5) is 39.4. The van der Waals surface area contributed by atoms with Crippen LogP contribution in [0.1, 0.15) is 16.9 Å². The SMILES string of the molecule is O=C(CCc1cccs1)NCCN1C(=O)S/C(=C\c2ccc3c(c2)OCO3)C1=O. The quantitative estimate of drug-likeness (QED) is 0.679. The second kappa shape index (κ2) is 8.71. The van der Waals surface area contributed by atoms with Crippen LogP contribution in [0.2, 0.25) is 0 Å². The molecule has 2 aromatic rings. The lowest BCUT2D eigenvalue weighted by Crippen LogP contribution is -2.37. The maximum Gasteiger partial charge on any atom is 0.293 e. The Bertz CT molecular complexity index is 971. The molecular weight excluding hydrogens is 412 g/mol. The lowest BCUT2D eigenvalue weighted by atomic mass is 10.2. The van der Waals surface area contributed by atoms with Gasteiger partial charge in [0.2, 0.25) is 12.7 Å². The van der Waals surface area contributed by atoms with E-state index in [4.69, 9.17) is 9.47 Å². The van der Waals surface area contributed by atoms with Crippen molar-refractivity contribution in [3.8, 4) is 11.5 Å². The highest BCUT2D eigenvalue weighted by Crippen LogP contribution is 2.36. The van der Waals surface area contributed by atoms with Gasteiger partial charge in [-0.1, -0.05) is 12.1 Å². The minimum atomic E-state index is -0.356. The van der Waals surface area contributed by atoms with Gasteiger partial charge in [0.05, 0.1) is 4.91 Å². The summed E-state index contributed by atoms with van der Waals surface area (Å²) in [6.07, 6.45) is 2.72. The fraction of sp³-hybridized carbons (Fsp3) is 0.250. The third-order valence-electron chi connectivity index (χ3n) is 4.40. The molecule has 2 aliphatic heterocycles. The first-order valence-electron chi connectivity index (χ1n) is 9.04. The fourth-order valence-electron chi connectivity index (χ4n) is 2.93. The number of carbonyl (C=O) groups is 3. The van der Waals surface area contributed by atoms with Gasteiger partial charge < -0.3 is 14.8 Å². The number of hydrogen-bond donors (Lipinski definition) is 1. The van der Waals surface area contributed by atoms with Crippen molar-refractivity contribution < 1.29 is 23.9 Å². The van der Waals surface area contributed by atoms with Crippen molar-refractivity contribution in [2.75, 3.05) is 19.9 Å². The molecule has 9 heteroatoms. The Morgan fingerprint density at radius 2 is 2.07 bits per heavy atom. The normalized spacial score (nSPS) is 16.7. The van der Waals surface area contributed by atoms with E-state index in [0.29, 0.717) is 29.2 Å². The Morgan fingerprint density at radius 1 is 1.21 bits per heavy atom. The van der Waals surface area contributed by atoms with Gasteiger partial charge in [0.25, 0.3) is 11.1 Å². The number of carbonyl (C=O) groups excluding carboxylic acids is 3. The van der Waals surface area contributed by atoms with Gasteiger partial charge in [-0.3, -0.25) is 19.3 Å². The molecule has 0 unspecified atom stereocenters. The number of imide groups is 1.